The molecule has 0 fully saturated rings. The molecule has 1 aliphatic rings. The minimum atomic E-state index is -5.06. The van der Waals surface area contributed by atoms with E-state index in [1.165, 1.54) is 18.2 Å². The summed E-state index contributed by atoms with van der Waals surface area (Å²) in [4.78, 5) is 15.0. The fourth-order valence-electron chi connectivity index (χ4n) is 3.82. The highest BCUT2D eigenvalue weighted by atomic mass is 19.4. The average Bonchev–Trinajstić information content (AvgIpc) is 3.09. The Kier molecular flexibility index (Phi) is 4.68. The Morgan fingerprint density at radius 3 is 2.24 bits per heavy atom. The zero-order valence-electron chi connectivity index (χ0n) is 17.5. The van der Waals surface area contributed by atoms with Crippen molar-refractivity contribution in [1.29, 1.82) is 0 Å². The van der Waals surface area contributed by atoms with Crippen LogP contribution in [-0.2, 0) is 11.6 Å². The number of imidazole rings is 1. The summed E-state index contributed by atoms with van der Waals surface area (Å²) in [7, 11) is 0. The minimum absolute atomic E-state index is 0.0114. The number of hydrogen-bond acceptors (Lipinski definition) is 5. The van der Waals surface area contributed by atoms with Gasteiger partial charge in [0.05, 0.1) is 28.3 Å². The third-order valence-corrected chi connectivity index (χ3v) is 5.53. The number of alkyl halides is 3. The zero-order valence-corrected chi connectivity index (χ0v) is 17.5. The van der Waals surface area contributed by atoms with Crippen LogP contribution in [0.5, 0.6) is 0 Å². The predicted molar refractivity (Wildman–Crippen MR) is 109 cm³/mol. The van der Waals surface area contributed by atoms with E-state index in [1.54, 1.807) is 32.0 Å². The molecular formula is C22H14F6N6. The summed E-state index contributed by atoms with van der Waals surface area (Å²) >= 11 is 0. The molecule has 1 N–H and O–H groups in total. The predicted octanol–water partition coefficient (Wildman–Crippen LogP) is 5.54. The second-order valence-corrected chi connectivity index (χ2v) is 8.11. The van der Waals surface area contributed by atoms with Gasteiger partial charge in [0.25, 0.3) is 5.95 Å². The molecule has 0 unspecified atom stereocenters. The van der Waals surface area contributed by atoms with Crippen LogP contribution < -0.4 is 5.32 Å². The van der Waals surface area contributed by atoms with Gasteiger partial charge in [-0.3, -0.25) is 9.55 Å². The van der Waals surface area contributed by atoms with Crippen molar-refractivity contribution < 1.29 is 26.3 Å². The van der Waals surface area contributed by atoms with Crippen LogP contribution in [0.15, 0.2) is 42.5 Å². The van der Waals surface area contributed by atoms with Crippen molar-refractivity contribution in [3.05, 3.63) is 77.5 Å². The largest absolute Gasteiger partial charge is 0.450 e. The molecule has 0 amide bonds. The topological polar surface area (TPSA) is 68.5 Å². The molecule has 12 heteroatoms. The van der Waals surface area contributed by atoms with Crippen LogP contribution in [0, 0.1) is 17.8 Å². The third kappa shape index (κ3) is 3.37. The van der Waals surface area contributed by atoms with E-state index in [4.69, 9.17) is 0 Å². The van der Waals surface area contributed by atoms with Gasteiger partial charge in [0.1, 0.15) is 5.82 Å². The summed E-state index contributed by atoms with van der Waals surface area (Å²) in [6, 6.07) is 9.69. The van der Waals surface area contributed by atoms with Gasteiger partial charge in [-0.2, -0.15) is 36.3 Å². The van der Waals surface area contributed by atoms with Gasteiger partial charge in [0.2, 0.25) is 17.7 Å². The lowest BCUT2D eigenvalue weighted by molar-refractivity contribution is -0.146. The molecule has 0 aromatic carbocycles. The van der Waals surface area contributed by atoms with Crippen LogP contribution in [0.4, 0.5) is 37.8 Å². The quantitative estimate of drug-likeness (QED) is 0.267. The van der Waals surface area contributed by atoms with E-state index < -0.39 is 46.8 Å². The van der Waals surface area contributed by atoms with Crippen molar-refractivity contribution in [2.75, 3.05) is 5.32 Å². The lowest BCUT2D eigenvalue weighted by Crippen LogP contribution is -2.24. The number of fused-ring (bicyclic) bond motifs is 8. The molecule has 5 heterocycles. The first-order valence-electron chi connectivity index (χ1n) is 9.91. The standard InChI is InChI=1S/C22H14F6N6/c1-21(2)12-6-3-5-10(29-12)16-11(9-14(23)32-17(16)24)30-19-18(25)33-20(22(26,27)28)34(19)15-8-4-7-13(21)31-15/h3-9,30H,1-2H3. The minimum Gasteiger partial charge on any atom is -0.337 e. The average molecular weight is 476 g/mol. The molecule has 4 aromatic heterocycles. The van der Waals surface area contributed by atoms with Crippen LogP contribution in [-0.4, -0.2) is 24.5 Å². The molecule has 0 atom stereocenters. The number of hydrogen-bond donors (Lipinski definition) is 1. The van der Waals surface area contributed by atoms with Crippen molar-refractivity contribution in [2.24, 2.45) is 0 Å². The SMILES string of the molecule is CC1(C)c2cccc(n2)-c2c(cc(F)nc2F)Nc2c(F)nc(C(F)(F)F)n2-c2cccc1n2. The zero-order chi connectivity index (χ0) is 24.4. The van der Waals surface area contributed by atoms with E-state index in [9.17, 15) is 26.3 Å². The Hall–Kier alpha value is -3.96. The molecule has 4 aromatic rings. The molecule has 0 aliphatic carbocycles. The Balaban J connectivity index is 1.93. The molecule has 0 radical (unpaired) electrons. The van der Waals surface area contributed by atoms with E-state index in [0.29, 0.717) is 16.0 Å². The van der Waals surface area contributed by atoms with Crippen molar-refractivity contribution in [2.45, 2.75) is 25.4 Å². The first-order valence-corrected chi connectivity index (χ1v) is 9.91. The molecule has 0 spiro atoms. The lowest BCUT2D eigenvalue weighted by Gasteiger charge is -2.26. The molecule has 34 heavy (non-hydrogen) atoms. The summed E-state index contributed by atoms with van der Waals surface area (Å²) in [6.07, 6.45) is -5.06. The second kappa shape index (κ2) is 7.27. The number of nitrogens with zero attached hydrogens (tertiary/aromatic N) is 5. The smallest absolute Gasteiger partial charge is 0.337 e. The summed E-state index contributed by atoms with van der Waals surface area (Å²) < 4.78 is 85.6. The van der Waals surface area contributed by atoms with Gasteiger partial charge in [-0.15, -0.1) is 0 Å². The number of nitrogens with one attached hydrogen (secondary N) is 1. The van der Waals surface area contributed by atoms with Crippen LogP contribution in [0.2, 0.25) is 0 Å². The number of halogens is 6. The highest BCUT2D eigenvalue weighted by Crippen LogP contribution is 2.39. The van der Waals surface area contributed by atoms with E-state index in [-0.39, 0.29) is 17.1 Å². The second-order valence-electron chi connectivity index (χ2n) is 8.11. The Bertz CT molecular complexity index is 1440. The Morgan fingerprint density at radius 2 is 1.53 bits per heavy atom. The molecular weight excluding hydrogens is 462 g/mol. The lowest BCUT2D eigenvalue weighted by atomic mass is 9.84. The van der Waals surface area contributed by atoms with Crippen molar-refractivity contribution in [3.63, 3.8) is 0 Å². The molecule has 1 aliphatic heterocycles. The number of anilines is 2. The van der Waals surface area contributed by atoms with Gasteiger partial charge in [-0.25, -0.2) is 4.98 Å². The van der Waals surface area contributed by atoms with Crippen LogP contribution in [0.25, 0.3) is 17.1 Å². The van der Waals surface area contributed by atoms with Gasteiger partial charge in [0, 0.05) is 11.5 Å². The number of aromatic nitrogens is 5. The molecule has 5 rings (SSSR count). The summed E-state index contributed by atoms with van der Waals surface area (Å²) in [5, 5.41) is 2.37. The number of rotatable bonds is 0. The van der Waals surface area contributed by atoms with E-state index in [2.05, 4.69) is 25.3 Å². The maximum absolute atomic E-state index is 14.9. The monoisotopic (exact) mass is 476 g/mol. The Morgan fingerprint density at radius 1 is 0.853 bits per heavy atom. The maximum Gasteiger partial charge on any atom is 0.450 e. The molecule has 0 saturated heterocycles. The fourth-order valence-corrected chi connectivity index (χ4v) is 3.82. The van der Waals surface area contributed by atoms with Gasteiger partial charge in [-0.1, -0.05) is 12.1 Å². The molecule has 174 valence electrons. The van der Waals surface area contributed by atoms with E-state index in [0.717, 1.165) is 6.07 Å². The van der Waals surface area contributed by atoms with Crippen LogP contribution in [0.1, 0.15) is 31.1 Å². The third-order valence-electron chi connectivity index (χ3n) is 5.53. The first kappa shape index (κ1) is 21.9. The van der Waals surface area contributed by atoms with E-state index >= 15 is 0 Å². The van der Waals surface area contributed by atoms with Crippen molar-refractivity contribution in [1.82, 2.24) is 24.5 Å². The summed E-state index contributed by atoms with van der Waals surface area (Å²) in [6.45, 7) is 3.46. The van der Waals surface area contributed by atoms with Crippen LogP contribution >= 0.6 is 0 Å². The van der Waals surface area contributed by atoms with Crippen molar-refractivity contribution in [3.8, 4) is 17.1 Å². The van der Waals surface area contributed by atoms with Gasteiger partial charge < -0.3 is 5.32 Å². The maximum atomic E-state index is 14.9. The Labute approximate surface area is 188 Å². The van der Waals surface area contributed by atoms with Gasteiger partial charge >= 0.3 is 6.18 Å². The molecule has 4 bridgehead atoms. The normalized spacial score (nSPS) is 14.4. The summed E-state index contributed by atoms with van der Waals surface area (Å²) in [5.41, 5.74) is -0.952. The van der Waals surface area contributed by atoms with Gasteiger partial charge in [-0.05, 0) is 38.1 Å². The van der Waals surface area contributed by atoms with Crippen molar-refractivity contribution >= 4 is 11.5 Å². The fraction of sp³-hybridized carbons (Fsp3) is 0.182. The highest BCUT2D eigenvalue weighted by Gasteiger charge is 2.41. The van der Waals surface area contributed by atoms with Crippen LogP contribution in [0.3, 0.4) is 0 Å². The highest BCUT2D eigenvalue weighted by molar-refractivity contribution is 5.79. The number of pyridine rings is 3. The summed E-state index contributed by atoms with van der Waals surface area (Å²) in [5.74, 6) is -6.79. The molecule has 6 nitrogen and oxygen atoms in total. The molecule has 0 saturated carbocycles. The first-order chi connectivity index (χ1) is 16.0. The van der Waals surface area contributed by atoms with Gasteiger partial charge in [0.15, 0.2) is 5.82 Å². The van der Waals surface area contributed by atoms with E-state index in [1.807, 2.05) is 0 Å².